The van der Waals surface area contributed by atoms with Crippen molar-refractivity contribution in [3.05, 3.63) is 33.3 Å². The van der Waals surface area contributed by atoms with Gasteiger partial charge in [0.1, 0.15) is 5.69 Å². The largest absolute Gasteiger partial charge is 0.365 e. The van der Waals surface area contributed by atoms with E-state index in [9.17, 15) is 10.1 Å². The van der Waals surface area contributed by atoms with E-state index in [1.807, 2.05) is 4.90 Å². The second kappa shape index (κ2) is 6.21. The van der Waals surface area contributed by atoms with E-state index in [4.69, 9.17) is 17.3 Å². The Hall–Kier alpha value is -1.33. The number of nitrogens with two attached hydrogens (primary N) is 1. The molecule has 1 aliphatic rings. The van der Waals surface area contributed by atoms with Crippen LogP contribution in [0.5, 0.6) is 0 Å². The van der Waals surface area contributed by atoms with Crippen LogP contribution in [0.25, 0.3) is 0 Å². The van der Waals surface area contributed by atoms with Crippen LogP contribution in [0.3, 0.4) is 0 Å². The molecule has 6 heteroatoms. The normalized spacial score (nSPS) is 16.6. The van der Waals surface area contributed by atoms with Crippen LogP contribution in [0.4, 0.5) is 11.4 Å². The lowest BCUT2D eigenvalue weighted by Gasteiger charge is -2.33. The lowest BCUT2D eigenvalue weighted by Crippen LogP contribution is -2.34. The number of piperidine rings is 1. The van der Waals surface area contributed by atoms with Crippen molar-refractivity contribution in [3.8, 4) is 0 Å². The lowest BCUT2D eigenvalue weighted by molar-refractivity contribution is -0.384. The van der Waals surface area contributed by atoms with Crippen molar-refractivity contribution in [2.24, 2.45) is 11.7 Å². The van der Waals surface area contributed by atoms with E-state index in [0.29, 0.717) is 23.2 Å². The number of rotatable bonds is 4. The van der Waals surface area contributed by atoms with Crippen LogP contribution in [0.15, 0.2) is 18.2 Å². The number of nitro groups is 1. The molecule has 0 spiro atoms. The standard InChI is InChI=1S/C13H18ClN3O2/c14-11-2-1-3-12(17(18)19)13(11)16-8-5-10(4-7-15)6-9-16/h1-3,10H,4-9,15H2. The summed E-state index contributed by atoms with van der Waals surface area (Å²) < 4.78 is 0. The fourth-order valence-electron chi connectivity index (χ4n) is 2.65. The van der Waals surface area contributed by atoms with E-state index in [1.54, 1.807) is 12.1 Å². The van der Waals surface area contributed by atoms with Crippen LogP contribution in [-0.2, 0) is 0 Å². The van der Waals surface area contributed by atoms with E-state index in [-0.39, 0.29) is 10.6 Å². The van der Waals surface area contributed by atoms with Gasteiger partial charge in [0.2, 0.25) is 0 Å². The Labute approximate surface area is 117 Å². The fourth-order valence-corrected chi connectivity index (χ4v) is 2.93. The summed E-state index contributed by atoms with van der Waals surface area (Å²) in [6.45, 7) is 2.31. The summed E-state index contributed by atoms with van der Waals surface area (Å²) in [5, 5.41) is 11.5. The Morgan fingerprint density at radius 2 is 2.11 bits per heavy atom. The third-order valence-electron chi connectivity index (χ3n) is 3.67. The molecule has 0 amide bonds. The minimum Gasteiger partial charge on any atom is -0.365 e. The maximum absolute atomic E-state index is 11.1. The fraction of sp³-hybridized carbons (Fsp3) is 0.538. The Morgan fingerprint density at radius 3 is 2.68 bits per heavy atom. The number of hydrogen-bond acceptors (Lipinski definition) is 4. The third kappa shape index (κ3) is 3.16. The predicted molar refractivity (Wildman–Crippen MR) is 76.7 cm³/mol. The van der Waals surface area contributed by atoms with Crippen LogP contribution in [-0.4, -0.2) is 24.6 Å². The second-order valence-electron chi connectivity index (χ2n) is 4.87. The topological polar surface area (TPSA) is 72.4 Å². The van der Waals surface area contributed by atoms with Gasteiger partial charge in [-0.05, 0) is 37.8 Å². The first-order valence-corrected chi connectivity index (χ1v) is 6.89. The zero-order valence-corrected chi connectivity index (χ0v) is 11.5. The minimum atomic E-state index is -0.368. The quantitative estimate of drug-likeness (QED) is 0.681. The van der Waals surface area contributed by atoms with E-state index < -0.39 is 0 Å². The molecule has 104 valence electrons. The van der Waals surface area contributed by atoms with Crippen LogP contribution < -0.4 is 10.6 Å². The minimum absolute atomic E-state index is 0.0878. The van der Waals surface area contributed by atoms with E-state index in [1.165, 1.54) is 6.07 Å². The maximum Gasteiger partial charge on any atom is 0.294 e. The second-order valence-corrected chi connectivity index (χ2v) is 5.28. The summed E-state index contributed by atoms with van der Waals surface area (Å²) in [7, 11) is 0. The predicted octanol–water partition coefficient (Wildman–Crippen LogP) is 2.81. The van der Waals surface area contributed by atoms with Crippen molar-refractivity contribution in [1.29, 1.82) is 0 Å². The van der Waals surface area contributed by atoms with Gasteiger partial charge in [-0.15, -0.1) is 0 Å². The van der Waals surface area contributed by atoms with Gasteiger partial charge in [-0.3, -0.25) is 10.1 Å². The monoisotopic (exact) mass is 283 g/mol. The van der Waals surface area contributed by atoms with Crippen molar-refractivity contribution < 1.29 is 4.92 Å². The molecule has 1 saturated heterocycles. The molecule has 19 heavy (non-hydrogen) atoms. The highest BCUT2D eigenvalue weighted by molar-refractivity contribution is 6.33. The first kappa shape index (κ1) is 14.1. The molecule has 2 N–H and O–H groups in total. The lowest BCUT2D eigenvalue weighted by atomic mass is 9.93. The van der Waals surface area contributed by atoms with Crippen molar-refractivity contribution in [1.82, 2.24) is 0 Å². The number of halogens is 1. The van der Waals surface area contributed by atoms with Crippen LogP contribution in [0, 0.1) is 16.0 Å². The molecule has 1 aromatic carbocycles. The number of para-hydroxylation sites is 1. The van der Waals surface area contributed by atoms with Crippen LogP contribution >= 0.6 is 11.6 Å². The highest BCUT2D eigenvalue weighted by atomic mass is 35.5. The summed E-state index contributed by atoms with van der Waals surface area (Å²) >= 11 is 6.14. The molecule has 0 saturated carbocycles. The van der Waals surface area contributed by atoms with Gasteiger partial charge in [-0.2, -0.15) is 0 Å². The third-order valence-corrected chi connectivity index (χ3v) is 3.97. The Morgan fingerprint density at radius 1 is 1.42 bits per heavy atom. The highest BCUT2D eigenvalue weighted by Crippen LogP contribution is 2.37. The first-order valence-electron chi connectivity index (χ1n) is 6.51. The number of anilines is 1. The number of nitro benzene ring substituents is 1. The van der Waals surface area contributed by atoms with E-state index >= 15 is 0 Å². The van der Waals surface area contributed by atoms with Crippen molar-refractivity contribution in [2.75, 3.05) is 24.5 Å². The Balaban J connectivity index is 2.17. The SMILES string of the molecule is NCCC1CCN(c2c(Cl)cccc2[N+](=O)[O-])CC1. The zero-order valence-electron chi connectivity index (χ0n) is 10.7. The average Bonchev–Trinajstić information content (AvgIpc) is 2.40. The summed E-state index contributed by atoms with van der Waals surface area (Å²) in [6, 6.07) is 4.83. The molecule has 2 rings (SSSR count). The van der Waals surface area contributed by atoms with Crippen molar-refractivity contribution in [3.63, 3.8) is 0 Å². The molecule has 0 radical (unpaired) electrons. The molecule has 0 aliphatic carbocycles. The van der Waals surface area contributed by atoms with Gasteiger partial charge < -0.3 is 10.6 Å². The molecular weight excluding hydrogens is 266 g/mol. The van der Waals surface area contributed by atoms with Gasteiger partial charge in [0.25, 0.3) is 5.69 Å². The molecule has 1 aliphatic heterocycles. The van der Waals surface area contributed by atoms with Crippen LogP contribution in [0.1, 0.15) is 19.3 Å². The van der Waals surface area contributed by atoms with Crippen LogP contribution in [0.2, 0.25) is 5.02 Å². The zero-order chi connectivity index (χ0) is 13.8. The van der Waals surface area contributed by atoms with Crippen molar-refractivity contribution >= 4 is 23.0 Å². The molecule has 5 nitrogen and oxygen atoms in total. The Bertz CT molecular complexity index is 459. The van der Waals surface area contributed by atoms with E-state index in [0.717, 1.165) is 32.4 Å². The molecule has 0 unspecified atom stereocenters. The average molecular weight is 284 g/mol. The summed E-state index contributed by atoms with van der Waals surface area (Å²) in [5.74, 6) is 0.628. The smallest absolute Gasteiger partial charge is 0.294 e. The summed E-state index contributed by atoms with van der Waals surface area (Å²) in [4.78, 5) is 12.7. The highest BCUT2D eigenvalue weighted by Gasteiger charge is 2.26. The van der Waals surface area contributed by atoms with Gasteiger partial charge in [0.05, 0.1) is 9.95 Å². The summed E-state index contributed by atoms with van der Waals surface area (Å²) in [6.07, 6.45) is 3.05. The summed E-state index contributed by atoms with van der Waals surface area (Å²) in [5.41, 5.74) is 6.21. The number of nitrogens with zero attached hydrogens (tertiary/aromatic N) is 2. The molecular formula is C13H18ClN3O2. The Kier molecular flexibility index (Phi) is 4.61. The van der Waals surface area contributed by atoms with Gasteiger partial charge in [0.15, 0.2) is 0 Å². The molecule has 0 atom stereocenters. The van der Waals surface area contributed by atoms with Crippen molar-refractivity contribution in [2.45, 2.75) is 19.3 Å². The molecule has 1 heterocycles. The first-order chi connectivity index (χ1) is 9.13. The number of hydrogen-bond donors (Lipinski definition) is 1. The number of benzene rings is 1. The van der Waals surface area contributed by atoms with Gasteiger partial charge in [-0.25, -0.2) is 0 Å². The maximum atomic E-state index is 11.1. The molecule has 1 aromatic rings. The van der Waals surface area contributed by atoms with Gasteiger partial charge >= 0.3 is 0 Å². The van der Waals surface area contributed by atoms with E-state index in [2.05, 4.69) is 0 Å². The molecule has 0 bridgehead atoms. The van der Waals surface area contributed by atoms with Gasteiger partial charge in [-0.1, -0.05) is 17.7 Å². The molecule has 1 fully saturated rings. The molecule has 0 aromatic heterocycles. The van der Waals surface area contributed by atoms with Gasteiger partial charge in [0, 0.05) is 19.2 Å².